The molecular weight excluding hydrogens is 412 g/mol. The normalized spacial score (nSPS) is 10.3. The van der Waals surface area contributed by atoms with Gasteiger partial charge in [-0.15, -0.1) is 11.3 Å². The third kappa shape index (κ3) is 4.29. The van der Waals surface area contributed by atoms with Crippen molar-refractivity contribution in [2.45, 2.75) is 13.8 Å². The Balaban J connectivity index is 2.44. The van der Waals surface area contributed by atoms with Gasteiger partial charge in [-0.3, -0.25) is 14.9 Å². The highest BCUT2D eigenvalue weighted by atomic mass is 35.5. The van der Waals surface area contributed by atoms with Crippen LogP contribution >= 0.6 is 22.9 Å². The SMILES string of the molecule is CCOC(=O)c1sc(NC(=O)c2ccc(Cl)c([N+](=O)[O-])c2)c(C(=O)OC)c1C. The van der Waals surface area contributed by atoms with E-state index in [9.17, 15) is 24.5 Å². The van der Waals surface area contributed by atoms with Crippen molar-refractivity contribution < 1.29 is 28.8 Å². The lowest BCUT2D eigenvalue weighted by molar-refractivity contribution is -0.384. The molecule has 0 unspecified atom stereocenters. The summed E-state index contributed by atoms with van der Waals surface area (Å²) in [6.45, 7) is 3.30. The van der Waals surface area contributed by atoms with Crippen LogP contribution in [0.3, 0.4) is 0 Å². The number of thiophene rings is 1. The summed E-state index contributed by atoms with van der Waals surface area (Å²) in [7, 11) is 1.16. The maximum absolute atomic E-state index is 12.5. The number of carbonyl (C=O) groups is 3. The van der Waals surface area contributed by atoms with Crippen molar-refractivity contribution in [2.75, 3.05) is 19.0 Å². The Bertz CT molecular complexity index is 971. The van der Waals surface area contributed by atoms with Crippen molar-refractivity contribution in [3.8, 4) is 0 Å². The predicted octanol–water partition coefficient (Wildman–Crippen LogP) is 3.83. The summed E-state index contributed by atoms with van der Waals surface area (Å²) in [6, 6.07) is 3.54. The van der Waals surface area contributed by atoms with Gasteiger partial charge < -0.3 is 14.8 Å². The number of nitro groups is 1. The lowest BCUT2D eigenvalue weighted by Crippen LogP contribution is -2.14. The number of hydrogen-bond donors (Lipinski definition) is 1. The third-order valence-electron chi connectivity index (χ3n) is 3.63. The van der Waals surface area contributed by atoms with E-state index in [-0.39, 0.29) is 32.6 Å². The van der Waals surface area contributed by atoms with Crippen LogP contribution < -0.4 is 5.32 Å². The molecule has 2 aromatic rings. The lowest BCUT2D eigenvalue weighted by atomic mass is 10.1. The molecule has 0 aliphatic rings. The number of esters is 2. The van der Waals surface area contributed by atoms with Crippen LogP contribution in [-0.4, -0.2) is 36.5 Å². The number of halogens is 1. The van der Waals surface area contributed by atoms with E-state index in [1.165, 1.54) is 19.1 Å². The van der Waals surface area contributed by atoms with Crippen molar-refractivity contribution in [1.82, 2.24) is 0 Å². The lowest BCUT2D eigenvalue weighted by Gasteiger charge is -2.06. The average molecular weight is 427 g/mol. The number of carbonyl (C=O) groups excluding carboxylic acids is 3. The van der Waals surface area contributed by atoms with Crippen LogP contribution in [0.1, 0.15) is 42.9 Å². The van der Waals surface area contributed by atoms with Gasteiger partial charge in [0.1, 0.15) is 14.9 Å². The van der Waals surface area contributed by atoms with Gasteiger partial charge in [0.05, 0.1) is 24.2 Å². The number of nitrogens with one attached hydrogen (secondary N) is 1. The molecule has 0 radical (unpaired) electrons. The van der Waals surface area contributed by atoms with Crippen LogP contribution in [0.25, 0.3) is 0 Å². The highest BCUT2D eigenvalue weighted by Crippen LogP contribution is 2.35. The molecule has 2 rings (SSSR count). The minimum Gasteiger partial charge on any atom is -0.465 e. The van der Waals surface area contributed by atoms with E-state index >= 15 is 0 Å². The first kappa shape index (κ1) is 21.3. The molecule has 0 saturated carbocycles. The summed E-state index contributed by atoms with van der Waals surface area (Å²) in [5, 5.41) is 13.4. The first-order valence-corrected chi connectivity index (χ1v) is 9.04. The molecular formula is C17H15ClN2O7S. The molecule has 148 valence electrons. The number of amides is 1. The molecule has 1 heterocycles. The molecule has 28 heavy (non-hydrogen) atoms. The molecule has 11 heteroatoms. The van der Waals surface area contributed by atoms with Gasteiger partial charge in [-0.05, 0) is 31.5 Å². The number of hydrogen-bond acceptors (Lipinski definition) is 8. The van der Waals surface area contributed by atoms with Gasteiger partial charge in [0, 0.05) is 11.6 Å². The molecule has 1 amide bonds. The summed E-state index contributed by atoms with van der Waals surface area (Å²) in [6.07, 6.45) is 0. The molecule has 1 aromatic heterocycles. The van der Waals surface area contributed by atoms with E-state index in [1.54, 1.807) is 6.92 Å². The van der Waals surface area contributed by atoms with Crippen LogP contribution in [0.15, 0.2) is 18.2 Å². The zero-order valence-corrected chi connectivity index (χ0v) is 16.6. The van der Waals surface area contributed by atoms with Crippen LogP contribution in [0.4, 0.5) is 10.7 Å². The molecule has 9 nitrogen and oxygen atoms in total. The molecule has 0 aliphatic carbocycles. The first-order valence-electron chi connectivity index (χ1n) is 7.85. The molecule has 1 aromatic carbocycles. The number of nitrogens with zero attached hydrogens (tertiary/aromatic N) is 1. The van der Waals surface area contributed by atoms with Gasteiger partial charge in [0.25, 0.3) is 11.6 Å². The highest BCUT2D eigenvalue weighted by Gasteiger charge is 2.27. The number of methoxy groups -OCH3 is 1. The Morgan fingerprint density at radius 2 is 1.96 bits per heavy atom. The van der Waals surface area contributed by atoms with Gasteiger partial charge in [-0.2, -0.15) is 0 Å². The topological polar surface area (TPSA) is 125 Å². The fourth-order valence-electron chi connectivity index (χ4n) is 2.31. The van der Waals surface area contributed by atoms with Gasteiger partial charge in [0.2, 0.25) is 0 Å². The van der Waals surface area contributed by atoms with Crippen molar-refractivity contribution >= 4 is 51.5 Å². The fourth-order valence-corrected chi connectivity index (χ4v) is 3.58. The summed E-state index contributed by atoms with van der Waals surface area (Å²) < 4.78 is 9.67. The van der Waals surface area contributed by atoms with Crippen molar-refractivity contribution in [3.05, 3.63) is 54.9 Å². The minimum absolute atomic E-state index is 0.00682. The van der Waals surface area contributed by atoms with E-state index in [2.05, 4.69) is 5.32 Å². The number of ether oxygens (including phenoxy) is 2. The van der Waals surface area contributed by atoms with Crippen molar-refractivity contribution in [3.63, 3.8) is 0 Å². The molecule has 0 spiro atoms. The van der Waals surface area contributed by atoms with Gasteiger partial charge in [0.15, 0.2) is 0 Å². The second-order valence-electron chi connectivity index (χ2n) is 5.35. The number of rotatable bonds is 6. The molecule has 0 fully saturated rings. The Hall–Kier alpha value is -2.98. The zero-order valence-electron chi connectivity index (χ0n) is 15.0. The molecule has 0 atom stereocenters. The monoisotopic (exact) mass is 426 g/mol. The van der Waals surface area contributed by atoms with E-state index in [4.69, 9.17) is 21.1 Å². The largest absolute Gasteiger partial charge is 0.465 e. The van der Waals surface area contributed by atoms with E-state index < -0.39 is 28.5 Å². The Kier molecular flexibility index (Phi) is 6.71. The van der Waals surface area contributed by atoms with Crippen molar-refractivity contribution in [2.24, 2.45) is 0 Å². The second-order valence-corrected chi connectivity index (χ2v) is 6.78. The molecule has 0 bridgehead atoms. The van der Waals surface area contributed by atoms with Gasteiger partial charge in [-0.1, -0.05) is 11.6 Å². The van der Waals surface area contributed by atoms with Gasteiger partial charge >= 0.3 is 11.9 Å². The third-order valence-corrected chi connectivity index (χ3v) is 5.14. The highest BCUT2D eigenvalue weighted by molar-refractivity contribution is 7.18. The Labute approximate surface area is 168 Å². The zero-order chi connectivity index (χ0) is 21.0. The maximum Gasteiger partial charge on any atom is 0.348 e. The Morgan fingerprint density at radius 1 is 1.29 bits per heavy atom. The molecule has 0 saturated heterocycles. The first-order chi connectivity index (χ1) is 13.2. The van der Waals surface area contributed by atoms with Crippen molar-refractivity contribution in [1.29, 1.82) is 0 Å². The van der Waals surface area contributed by atoms with Crippen LogP contribution in [0.2, 0.25) is 5.02 Å². The number of benzene rings is 1. The number of anilines is 1. The Morgan fingerprint density at radius 3 is 2.54 bits per heavy atom. The number of nitro benzene ring substituents is 1. The quantitative estimate of drug-likeness (QED) is 0.422. The fraction of sp³-hybridized carbons (Fsp3) is 0.235. The predicted molar refractivity (Wildman–Crippen MR) is 102 cm³/mol. The standard InChI is InChI=1S/C17H15ClN2O7S/c1-4-27-17(23)13-8(2)12(16(22)26-3)15(28-13)19-14(21)9-5-6-10(18)11(7-9)20(24)25/h5-7H,4H2,1-3H3,(H,19,21). The molecule has 0 aliphatic heterocycles. The maximum atomic E-state index is 12.5. The minimum atomic E-state index is -0.748. The summed E-state index contributed by atoms with van der Waals surface area (Å²) in [5.41, 5.74) is -0.173. The summed E-state index contributed by atoms with van der Waals surface area (Å²) >= 11 is 6.59. The van der Waals surface area contributed by atoms with Crippen LogP contribution in [0.5, 0.6) is 0 Å². The van der Waals surface area contributed by atoms with Crippen LogP contribution in [-0.2, 0) is 9.47 Å². The molecule has 1 N–H and O–H groups in total. The summed E-state index contributed by atoms with van der Waals surface area (Å²) in [5.74, 6) is -2.11. The smallest absolute Gasteiger partial charge is 0.348 e. The summed E-state index contributed by atoms with van der Waals surface area (Å²) in [4.78, 5) is 47.2. The van der Waals surface area contributed by atoms with E-state index in [0.29, 0.717) is 5.56 Å². The average Bonchev–Trinajstić information content (AvgIpc) is 2.97. The van der Waals surface area contributed by atoms with E-state index in [1.807, 2.05) is 0 Å². The van der Waals surface area contributed by atoms with Crippen LogP contribution in [0, 0.1) is 17.0 Å². The second kappa shape index (κ2) is 8.81. The van der Waals surface area contributed by atoms with Gasteiger partial charge in [-0.25, -0.2) is 9.59 Å². The van der Waals surface area contributed by atoms with E-state index in [0.717, 1.165) is 24.5 Å².